The Balaban J connectivity index is 1.36. The van der Waals surface area contributed by atoms with Crippen LogP contribution in [0, 0.1) is 0 Å². The monoisotopic (exact) mass is 385 g/mol. The molecule has 2 aromatic carbocycles. The fraction of sp³-hybridized carbons (Fsp3) is 0.409. The molecule has 0 bridgehead atoms. The molecule has 0 spiro atoms. The second-order valence-corrected chi connectivity index (χ2v) is 7.73. The van der Waals surface area contributed by atoms with Crippen molar-refractivity contribution in [2.75, 3.05) is 39.3 Å². The third-order valence-corrected chi connectivity index (χ3v) is 5.38. The van der Waals surface area contributed by atoms with Gasteiger partial charge in [0.2, 0.25) is 5.91 Å². The summed E-state index contributed by atoms with van der Waals surface area (Å²) in [6, 6.07) is 18.3. The third kappa shape index (κ3) is 6.35. The predicted octanol–water partition coefficient (Wildman–Crippen LogP) is 3.38. The Labute approximate surface area is 167 Å². The lowest BCUT2D eigenvalue weighted by molar-refractivity contribution is -0.122. The molecule has 2 aromatic rings. The lowest BCUT2D eigenvalue weighted by Gasteiger charge is -2.34. The molecule has 1 atom stereocenters. The molecule has 27 heavy (non-hydrogen) atoms. The first kappa shape index (κ1) is 19.9. The molecule has 144 valence electrons. The van der Waals surface area contributed by atoms with Crippen LogP contribution in [0.4, 0.5) is 0 Å². The average Bonchev–Trinajstić information content (AvgIpc) is 2.70. The summed E-state index contributed by atoms with van der Waals surface area (Å²) in [6.45, 7) is 8.06. The number of amides is 1. The molecule has 1 saturated heterocycles. The largest absolute Gasteiger partial charge is 0.354 e. The van der Waals surface area contributed by atoms with Gasteiger partial charge in [-0.15, -0.1) is 0 Å². The number of halogens is 1. The number of benzene rings is 2. The van der Waals surface area contributed by atoms with Crippen LogP contribution in [-0.2, 0) is 11.3 Å². The van der Waals surface area contributed by atoms with E-state index in [2.05, 4.69) is 46.3 Å². The smallest absolute Gasteiger partial charge is 0.234 e. The molecule has 0 radical (unpaired) electrons. The second kappa shape index (κ2) is 9.88. The fourth-order valence-electron chi connectivity index (χ4n) is 3.38. The number of nitrogens with one attached hydrogen (secondary N) is 1. The van der Waals surface area contributed by atoms with Gasteiger partial charge in [-0.05, 0) is 29.2 Å². The molecule has 3 rings (SSSR count). The van der Waals surface area contributed by atoms with E-state index in [9.17, 15) is 4.79 Å². The zero-order valence-electron chi connectivity index (χ0n) is 15.9. The molecule has 1 amide bonds. The van der Waals surface area contributed by atoms with E-state index in [0.717, 1.165) is 37.7 Å². The van der Waals surface area contributed by atoms with Gasteiger partial charge in [-0.25, -0.2) is 0 Å². The Hall–Kier alpha value is -1.88. The van der Waals surface area contributed by atoms with Crippen molar-refractivity contribution in [2.24, 2.45) is 0 Å². The first-order valence-corrected chi connectivity index (χ1v) is 9.99. The Bertz CT molecular complexity index is 712. The minimum absolute atomic E-state index is 0.115. The van der Waals surface area contributed by atoms with Crippen LogP contribution >= 0.6 is 11.6 Å². The molecule has 1 aliphatic rings. The Morgan fingerprint density at radius 1 is 1.00 bits per heavy atom. The maximum atomic E-state index is 12.3. The molecule has 0 aliphatic carbocycles. The number of hydrogen-bond acceptors (Lipinski definition) is 3. The normalized spacial score (nSPS) is 16.8. The maximum absolute atomic E-state index is 12.3. The fourth-order valence-corrected chi connectivity index (χ4v) is 3.50. The molecule has 4 nitrogen and oxygen atoms in total. The summed E-state index contributed by atoms with van der Waals surface area (Å²) in [5.74, 6) is 0.440. The summed E-state index contributed by atoms with van der Waals surface area (Å²) in [5.41, 5.74) is 2.54. The Morgan fingerprint density at radius 2 is 1.63 bits per heavy atom. The van der Waals surface area contributed by atoms with Crippen LogP contribution in [0.3, 0.4) is 0 Å². The summed E-state index contributed by atoms with van der Waals surface area (Å²) in [7, 11) is 0. The summed E-state index contributed by atoms with van der Waals surface area (Å²) >= 11 is 5.94. The van der Waals surface area contributed by atoms with E-state index in [0.29, 0.717) is 19.0 Å². The highest BCUT2D eigenvalue weighted by molar-refractivity contribution is 6.30. The minimum atomic E-state index is 0.115. The summed E-state index contributed by atoms with van der Waals surface area (Å²) in [6.07, 6.45) is 0. The van der Waals surface area contributed by atoms with Gasteiger partial charge >= 0.3 is 0 Å². The van der Waals surface area contributed by atoms with Gasteiger partial charge in [0.1, 0.15) is 0 Å². The van der Waals surface area contributed by atoms with E-state index in [1.165, 1.54) is 11.1 Å². The zero-order chi connectivity index (χ0) is 19.1. The summed E-state index contributed by atoms with van der Waals surface area (Å²) in [5, 5.41) is 3.85. The minimum Gasteiger partial charge on any atom is -0.354 e. The Kier molecular flexibility index (Phi) is 7.27. The molecule has 1 aliphatic heterocycles. The molecule has 0 unspecified atom stereocenters. The highest BCUT2D eigenvalue weighted by Gasteiger charge is 2.19. The SMILES string of the molecule is C[C@H](CNC(=O)CN1CCN(Cc2ccc(Cl)cc2)CC1)c1ccccc1. The number of carbonyl (C=O) groups is 1. The number of nitrogens with zero attached hydrogens (tertiary/aromatic N) is 2. The van der Waals surface area contributed by atoms with Gasteiger partial charge in [-0.2, -0.15) is 0 Å². The van der Waals surface area contributed by atoms with Crippen LogP contribution in [0.1, 0.15) is 24.0 Å². The van der Waals surface area contributed by atoms with Crippen LogP contribution in [0.25, 0.3) is 0 Å². The molecular formula is C22H28ClN3O. The van der Waals surface area contributed by atoms with Crippen molar-refractivity contribution in [3.8, 4) is 0 Å². The van der Waals surface area contributed by atoms with Gasteiger partial charge in [0.25, 0.3) is 0 Å². The molecule has 5 heteroatoms. The van der Waals surface area contributed by atoms with E-state index in [-0.39, 0.29) is 5.91 Å². The van der Waals surface area contributed by atoms with Crippen molar-refractivity contribution in [3.05, 3.63) is 70.7 Å². The highest BCUT2D eigenvalue weighted by atomic mass is 35.5. The maximum Gasteiger partial charge on any atom is 0.234 e. The average molecular weight is 386 g/mol. The van der Waals surface area contributed by atoms with Gasteiger partial charge in [0.15, 0.2) is 0 Å². The van der Waals surface area contributed by atoms with Crippen molar-refractivity contribution >= 4 is 17.5 Å². The third-order valence-electron chi connectivity index (χ3n) is 5.13. The van der Waals surface area contributed by atoms with Crippen molar-refractivity contribution in [1.29, 1.82) is 0 Å². The number of carbonyl (C=O) groups excluding carboxylic acids is 1. The molecular weight excluding hydrogens is 358 g/mol. The van der Waals surface area contributed by atoms with Gasteiger partial charge in [0, 0.05) is 44.3 Å². The molecule has 1 fully saturated rings. The van der Waals surface area contributed by atoms with Gasteiger partial charge in [-0.1, -0.05) is 61.0 Å². The topological polar surface area (TPSA) is 35.6 Å². The van der Waals surface area contributed by atoms with Crippen LogP contribution in [0.5, 0.6) is 0 Å². The number of hydrogen-bond donors (Lipinski definition) is 1. The van der Waals surface area contributed by atoms with E-state index in [1.807, 2.05) is 30.3 Å². The predicted molar refractivity (Wildman–Crippen MR) is 111 cm³/mol. The highest BCUT2D eigenvalue weighted by Crippen LogP contribution is 2.14. The van der Waals surface area contributed by atoms with Crippen LogP contribution in [0.2, 0.25) is 5.02 Å². The lowest BCUT2D eigenvalue weighted by Crippen LogP contribution is -2.49. The van der Waals surface area contributed by atoms with Crippen LogP contribution < -0.4 is 5.32 Å². The van der Waals surface area contributed by atoms with E-state index >= 15 is 0 Å². The van der Waals surface area contributed by atoms with E-state index < -0.39 is 0 Å². The van der Waals surface area contributed by atoms with Crippen molar-refractivity contribution in [2.45, 2.75) is 19.4 Å². The van der Waals surface area contributed by atoms with Crippen molar-refractivity contribution in [1.82, 2.24) is 15.1 Å². The molecule has 0 aromatic heterocycles. The lowest BCUT2D eigenvalue weighted by atomic mass is 10.0. The number of piperazine rings is 1. The van der Waals surface area contributed by atoms with Gasteiger partial charge < -0.3 is 5.32 Å². The van der Waals surface area contributed by atoms with Crippen molar-refractivity contribution in [3.63, 3.8) is 0 Å². The molecule has 0 saturated carbocycles. The van der Waals surface area contributed by atoms with Gasteiger partial charge in [0.05, 0.1) is 6.54 Å². The Morgan fingerprint density at radius 3 is 2.30 bits per heavy atom. The molecule has 1 N–H and O–H groups in total. The first-order valence-electron chi connectivity index (χ1n) is 9.61. The quantitative estimate of drug-likeness (QED) is 0.793. The van der Waals surface area contributed by atoms with Gasteiger partial charge in [-0.3, -0.25) is 14.6 Å². The van der Waals surface area contributed by atoms with Crippen molar-refractivity contribution < 1.29 is 4.79 Å². The molecule has 1 heterocycles. The van der Waals surface area contributed by atoms with E-state index in [1.54, 1.807) is 0 Å². The number of rotatable bonds is 7. The van der Waals surface area contributed by atoms with Crippen LogP contribution in [0.15, 0.2) is 54.6 Å². The van der Waals surface area contributed by atoms with E-state index in [4.69, 9.17) is 11.6 Å². The standard InChI is InChI=1S/C22H28ClN3O/c1-18(20-5-3-2-4-6-20)15-24-22(27)17-26-13-11-25(12-14-26)16-19-7-9-21(23)10-8-19/h2-10,18H,11-17H2,1H3,(H,24,27)/t18-/m1/s1. The first-order chi connectivity index (χ1) is 13.1. The summed E-state index contributed by atoms with van der Waals surface area (Å²) < 4.78 is 0. The zero-order valence-corrected chi connectivity index (χ0v) is 16.7. The summed E-state index contributed by atoms with van der Waals surface area (Å²) in [4.78, 5) is 16.9. The van der Waals surface area contributed by atoms with Crippen LogP contribution in [-0.4, -0.2) is 55.0 Å². The second-order valence-electron chi connectivity index (χ2n) is 7.29.